The van der Waals surface area contributed by atoms with E-state index in [1.54, 1.807) is 0 Å². The number of aromatic amines is 1. The normalized spacial score (nSPS) is 11.7. The lowest BCUT2D eigenvalue weighted by atomic mass is 10.1. The van der Waals surface area contributed by atoms with Gasteiger partial charge in [0.25, 0.3) is 5.91 Å². The average molecular weight is 579 g/mol. The number of aromatic nitrogens is 3. The Morgan fingerprint density at radius 3 is 2.48 bits per heavy atom. The highest BCUT2D eigenvalue weighted by Gasteiger charge is 2.32. The first-order chi connectivity index (χ1) is 18.9. The summed E-state index contributed by atoms with van der Waals surface area (Å²) in [6.07, 6.45) is -4.69. The summed E-state index contributed by atoms with van der Waals surface area (Å²) in [7, 11) is -3.70. The smallest absolute Gasteiger partial charge is 0.433 e. The van der Waals surface area contributed by atoms with Gasteiger partial charge >= 0.3 is 6.18 Å². The summed E-state index contributed by atoms with van der Waals surface area (Å²) >= 11 is 0. The van der Waals surface area contributed by atoms with Crippen molar-refractivity contribution in [1.29, 1.82) is 0 Å². The number of ether oxygens (including phenoxy) is 1. The molecule has 1 amide bonds. The lowest BCUT2D eigenvalue weighted by molar-refractivity contribution is -0.141. The molecule has 210 valence electrons. The molecule has 4 rings (SSSR count). The number of nitrogens with two attached hydrogens (primary N) is 1. The van der Waals surface area contributed by atoms with Crippen LogP contribution in [-0.4, -0.2) is 35.3 Å². The molecule has 5 N–H and O–H groups in total. The summed E-state index contributed by atoms with van der Waals surface area (Å²) in [5.74, 6) is -1.95. The summed E-state index contributed by atoms with van der Waals surface area (Å²) < 4.78 is 85.2. The van der Waals surface area contributed by atoms with Crippen molar-refractivity contribution in [2.75, 3.05) is 15.8 Å². The lowest BCUT2D eigenvalue weighted by Crippen LogP contribution is -2.16. The number of carbonyl (C=O) groups is 1. The molecule has 0 atom stereocenters. The zero-order chi connectivity index (χ0) is 29.1. The first-order valence-corrected chi connectivity index (χ1v) is 13.2. The van der Waals surface area contributed by atoms with Crippen LogP contribution in [0, 0.1) is 5.82 Å². The number of halogens is 4. The maximum absolute atomic E-state index is 13.3. The number of nitrogens with zero attached hydrogens (tertiary/aromatic N) is 2. The van der Waals surface area contributed by atoms with Crippen LogP contribution in [0.1, 0.15) is 28.5 Å². The number of sulfonamides is 1. The molecule has 0 radical (unpaired) electrons. The van der Waals surface area contributed by atoms with Crippen molar-refractivity contribution < 1.29 is 35.5 Å². The number of hydrogen-bond acceptors (Lipinski definition) is 7. The first-order valence-electron chi connectivity index (χ1n) is 11.6. The van der Waals surface area contributed by atoms with E-state index in [0.29, 0.717) is 11.1 Å². The molecule has 0 aliphatic heterocycles. The van der Waals surface area contributed by atoms with Gasteiger partial charge in [-0.15, -0.1) is 0 Å². The zero-order valence-corrected chi connectivity index (χ0v) is 21.5. The van der Waals surface area contributed by atoms with Crippen molar-refractivity contribution in [3.63, 3.8) is 0 Å². The molecule has 0 saturated heterocycles. The number of pyridine rings is 1. The van der Waals surface area contributed by atoms with E-state index in [4.69, 9.17) is 10.5 Å². The Bertz CT molecular complexity index is 1640. The third kappa shape index (κ3) is 6.66. The third-order valence-corrected chi connectivity index (χ3v) is 6.81. The second-order valence-electron chi connectivity index (χ2n) is 8.35. The van der Waals surface area contributed by atoms with Gasteiger partial charge in [-0.05, 0) is 48.9 Å². The number of primary amides is 1. The van der Waals surface area contributed by atoms with Gasteiger partial charge in [0.2, 0.25) is 10.0 Å². The van der Waals surface area contributed by atoms with E-state index in [9.17, 15) is 30.8 Å². The topological polar surface area (TPSA) is 152 Å². The van der Waals surface area contributed by atoms with Gasteiger partial charge in [0.05, 0.1) is 17.1 Å². The van der Waals surface area contributed by atoms with E-state index < -0.39 is 33.6 Å². The van der Waals surface area contributed by atoms with Crippen LogP contribution in [0.4, 0.5) is 34.9 Å². The van der Waals surface area contributed by atoms with Crippen LogP contribution in [0.3, 0.4) is 0 Å². The first kappa shape index (κ1) is 28.4. The summed E-state index contributed by atoms with van der Waals surface area (Å²) in [6, 6.07) is 12.9. The summed E-state index contributed by atoms with van der Waals surface area (Å²) in [4.78, 5) is 15.9. The fourth-order valence-corrected chi connectivity index (χ4v) is 4.18. The van der Waals surface area contributed by atoms with Crippen molar-refractivity contribution in [3.8, 4) is 17.0 Å². The van der Waals surface area contributed by atoms with E-state index in [1.165, 1.54) is 55.5 Å². The number of rotatable bonds is 10. The van der Waals surface area contributed by atoms with Gasteiger partial charge in [-0.2, -0.15) is 18.3 Å². The highest BCUT2D eigenvalue weighted by molar-refractivity contribution is 7.92. The summed E-state index contributed by atoms with van der Waals surface area (Å²) in [6.45, 7) is 1.40. The van der Waals surface area contributed by atoms with Crippen molar-refractivity contribution >= 4 is 33.3 Å². The molecule has 2 aromatic heterocycles. The molecular formula is C25H22F4N6O4S. The van der Waals surface area contributed by atoms with Crippen molar-refractivity contribution in [1.82, 2.24) is 15.2 Å². The van der Waals surface area contributed by atoms with Gasteiger partial charge in [0.1, 0.15) is 35.2 Å². The number of alkyl halides is 3. The van der Waals surface area contributed by atoms with Gasteiger partial charge in [-0.1, -0.05) is 24.3 Å². The molecule has 15 heteroatoms. The Kier molecular flexibility index (Phi) is 7.95. The molecule has 0 aliphatic carbocycles. The second-order valence-corrected chi connectivity index (χ2v) is 10.4. The number of carbonyl (C=O) groups excluding carboxylic acids is 1. The predicted octanol–water partition coefficient (Wildman–Crippen LogP) is 4.81. The Balaban J connectivity index is 1.71. The van der Waals surface area contributed by atoms with Gasteiger partial charge < -0.3 is 15.8 Å². The van der Waals surface area contributed by atoms with Crippen LogP contribution in [0.15, 0.2) is 60.7 Å². The van der Waals surface area contributed by atoms with Gasteiger partial charge in [0.15, 0.2) is 5.82 Å². The molecule has 4 aromatic rings. The monoisotopic (exact) mass is 578 g/mol. The molecule has 2 heterocycles. The molecule has 10 nitrogen and oxygen atoms in total. The van der Waals surface area contributed by atoms with Gasteiger partial charge in [-0.3, -0.25) is 14.6 Å². The number of H-pyrrole nitrogens is 1. The van der Waals surface area contributed by atoms with Crippen molar-refractivity contribution in [3.05, 3.63) is 83.3 Å². The molecule has 0 bridgehead atoms. The number of nitrogens with one attached hydrogen (secondary N) is 3. The van der Waals surface area contributed by atoms with E-state index in [0.717, 1.165) is 12.1 Å². The highest BCUT2D eigenvalue weighted by atomic mass is 32.2. The maximum Gasteiger partial charge on any atom is 0.433 e. The SMILES string of the molecule is CCS(=O)(=O)Nc1ccc(-c2[nH]nc(Nc3cccc(C(F)(F)F)n3)c2C(N)=O)cc1OCc1ccc(F)cc1. The molecule has 0 aliphatic rings. The number of amides is 1. The Hall–Kier alpha value is -4.66. The minimum Gasteiger partial charge on any atom is -0.487 e. The molecule has 0 unspecified atom stereocenters. The van der Waals surface area contributed by atoms with E-state index in [-0.39, 0.29) is 46.7 Å². The van der Waals surface area contributed by atoms with E-state index >= 15 is 0 Å². The quantitative estimate of drug-likeness (QED) is 0.197. The molecular weight excluding hydrogens is 556 g/mol. The fourth-order valence-electron chi connectivity index (χ4n) is 3.53. The Labute approximate surface area is 225 Å². The molecule has 40 heavy (non-hydrogen) atoms. The largest absolute Gasteiger partial charge is 0.487 e. The molecule has 0 spiro atoms. The van der Waals surface area contributed by atoms with Gasteiger partial charge in [0, 0.05) is 5.56 Å². The standard InChI is InChI=1S/C25H22F4N6O4S/c1-2-40(37,38)35-17-11-8-15(12-18(17)39-13-14-6-9-16(26)10-7-14)22-21(23(30)36)24(34-33-22)32-20-5-3-4-19(31-20)25(27,28)29/h3-12,35H,2,13H2,1H3,(H2,30,36)(H2,31,32,33,34). The summed E-state index contributed by atoms with van der Waals surface area (Å²) in [5.41, 5.74) is 5.30. The molecule has 0 fully saturated rings. The number of hydrogen-bond donors (Lipinski definition) is 4. The number of benzene rings is 2. The second kappa shape index (κ2) is 11.2. The van der Waals surface area contributed by atoms with Crippen LogP contribution in [0.25, 0.3) is 11.3 Å². The minimum absolute atomic E-state index is 0.0513. The van der Waals surface area contributed by atoms with E-state index in [2.05, 4.69) is 25.2 Å². The van der Waals surface area contributed by atoms with Crippen LogP contribution >= 0.6 is 0 Å². The molecule has 2 aromatic carbocycles. The van der Waals surface area contributed by atoms with Crippen LogP contribution in [0.2, 0.25) is 0 Å². The van der Waals surface area contributed by atoms with Crippen LogP contribution in [-0.2, 0) is 22.8 Å². The predicted molar refractivity (Wildman–Crippen MR) is 139 cm³/mol. The average Bonchev–Trinajstić information content (AvgIpc) is 3.32. The van der Waals surface area contributed by atoms with Crippen molar-refractivity contribution in [2.24, 2.45) is 5.73 Å². The summed E-state index contributed by atoms with van der Waals surface area (Å²) in [5, 5.41) is 9.17. The molecule has 0 saturated carbocycles. The number of anilines is 3. The Morgan fingerprint density at radius 2 is 1.82 bits per heavy atom. The third-order valence-electron chi connectivity index (χ3n) is 5.52. The van der Waals surface area contributed by atoms with Crippen LogP contribution < -0.4 is 20.5 Å². The fraction of sp³-hybridized carbons (Fsp3) is 0.160. The maximum atomic E-state index is 13.3. The Morgan fingerprint density at radius 1 is 1.10 bits per heavy atom. The lowest BCUT2D eigenvalue weighted by Gasteiger charge is -2.15. The van der Waals surface area contributed by atoms with Crippen molar-refractivity contribution in [2.45, 2.75) is 19.7 Å². The van der Waals surface area contributed by atoms with Crippen LogP contribution in [0.5, 0.6) is 5.75 Å². The zero-order valence-electron chi connectivity index (χ0n) is 20.7. The highest BCUT2D eigenvalue weighted by Crippen LogP contribution is 2.35. The van der Waals surface area contributed by atoms with Gasteiger partial charge in [-0.25, -0.2) is 17.8 Å². The minimum atomic E-state index is -4.69. The van der Waals surface area contributed by atoms with E-state index in [1.807, 2.05) is 0 Å².